The van der Waals surface area contributed by atoms with E-state index < -0.39 is 0 Å². The zero-order valence-electron chi connectivity index (χ0n) is 15.8. The molecule has 144 valence electrons. The van der Waals surface area contributed by atoms with Crippen molar-refractivity contribution in [3.63, 3.8) is 0 Å². The highest BCUT2D eigenvalue weighted by Crippen LogP contribution is 2.32. The molecule has 1 aromatic carbocycles. The normalized spacial score (nSPS) is 12.9. The Kier molecular flexibility index (Phi) is 5.38. The standard InChI is InChI=1S/C20H21N5O2S/c1-3-21-20-23-14(2)18(28-20)16-9-10-22-19(24-16)25(17-12-26-13-27-17)11-15-7-5-4-6-8-15/h4-10,12H,3,11,13H2,1-2H3,(H,21,23). The predicted molar refractivity (Wildman–Crippen MR) is 110 cm³/mol. The van der Waals surface area contributed by atoms with Gasteiger partial charge in [0.25, 0.3) is 0 Å². The average Bonchev–Trinajstić information content (AvgIpc) is 3.37. The van der Waals surface area contributed by atoms with Gasteiger partial charge < -0.3 is 14.8 Å². The van der Waals surface area contributed by atoms with Crippen molar-refractivity contribution >= 4 is 22.4 Å². The summed E-state index contributed by atoms with van der Waals surface area (Å²) in [4.78, 5) is 16.8. The maximum absolute atomic E-state index is 5.61. The number of hydrogen-bond acceptors (Lipinski definition) is 8. The first-order valence-electron chi connectivity index (χ1n) is 9.05. The largest absolute Gasteiger partial charge is 0.459 e. The van der Waals surface area contributed by atoms with Gasteiger partial charge in [0, 0.05) is 12.7 Å². The lowest BCUT2D eigenvalue weighted by molar-refractivity contribution is 0.0780. The second-order valence-corrected chi connectivity index (χ2v) is 7.16. The van der Waals surface area contributed by atoms with Crippen LogP contribution in [-0.4, -0.2) is 28.3 Å². The Morgan fingerprint density at radius 3 is 2.79 bits per heavy atom. The minimum atomic E-state index is 0.195. The number of rotatable bonds is 7. The van der Waals surface area contributed by atoms with Crippen molar-refractivity contribution in [3.05, 3.63) is 66.0 Å². The van der Waals surface area contributed by atoms with Crippen LogP contribution < -0.4 is 10.2 Å². The zero-order chi connectivity index (χ0) is 19.3. The van der Waals surface area contributed by atoms with Gasteiger partial charge in [-0.2, -0.15) is 0 Å². The molecular formula is C20H21N5O2S. The lowest BCUT2D eigenvalue weighted by atomic mass is 10.2. The first-order valence-corrected chi connectivity index (χ1v) is 9.87. The Morgan fingerprint density at radius 1 is 1.18 bits per heavy atom. The molecule has 1 N–H and O–H groups in total. The molecule has 2 aromatic heterocycles. The number of aromatic nitrogens is 3. The van der Waals surface area contributed by atoms with E-state index in [0.717, 1.165) is 33.5 Å². The molecule has 3 aromatic rings. The van der Waals surface area contributed by atoms with Crippen LogP contribution in [-0.2, 0) is 16.0 Å². The summed E-state index contributed by atoms with van der Waals surface area (Å²) in [6, 6.07) is 12.0. The smallest absolute Gasteiger partial charge is 0.235 e. The fraction of sp³-hybridized carbons (Fsp3) is 0.250. The molecule has 28 heavy (non-hydrogen) atoms. The SMILES string of the molecule is CCNc1nc(C)c(-c2ccnc(N(Cc3ccccc3)C3=COCO3)n2)s1. The lowest BCUT2D eigenvalue weighted by Crippen LogP contribution is -2.24. The molecule has 0 unspecified atom stereocenters. The number of nitrogens with one attached hydrogen (secondary N) is 1. The highest BCUT2D eigenvalue weighted by atomic mass is 32.1. The molecule has 0 fully saturated rings. The summed E-state index contributed by atoms with van der Waals surface area (Å²) in [7, 11) is 0. The molecule has 1 aliphatic heterocycles. The molecule has 0 amide bonds. The van der Waals surface area contributed by atoms with E-state index in [-0.39, 0.29) is 6.79 Å². The number of benzene rings is 1. The summed E-state index contributed by atoms with van der Waals surface area (Å²) in [6.45, 7) is 5.65. The highest BCUT2D eigenvalue weighted by molar-refractivity contribution is 7.19. The van der Waals surface area contributed by atoms with E-state index >= 15 is 0 Å². The molecular weight excluding hydrogens is 374 g/mol. The van der Waals surface area contributed by atoms with Crippen molar-refractivity contribution < 1.29 is 9.47 Å². The Hall–Kier alpha value is -3.13. The Labute approximate surface area is 167 Å². The summed E-state index contributed by atoms with van der Waals surface area (Å²) in [5.41, 5.74) is 2.90. The second kappa shape index (κ2) is 8.26. The molecule has 0 saturated carbocycles. The number of ether oxygens (including phenoxy) is 2. The molecule has 3 heterocycles. The summed E-state index contributed by atoms with van der Waals surface area (Å²) >= 11 is 1.59. The van der Waals surface area contributed by atoms with Gasteiger partial charge >= 0.3 is 0 Å². The summed E-state index contributed by atoms with van der Waals surface area (Å²) in [6.07, 6.45) is 3.36. The molecule has 0 atom stereocenters. The van der Waals surface area contributed by atoms with E-state index in [1.165, 1.54) is 0 Å². The van der Waals surface area contributed by atoms with Gasteiger partial charge in [-0.25, -0.2) is 15.0 Å². The van der Waals surface area contributed by atoms with Gasteiger partial charge in [0.05, 0.1) is 22.8 Å². The quantitative estimate of drug-likeness (QED) is 0.644. The van der Waals surface area contributed by atoms with E-state index in [4.69, 9.17) is 14.5 Å². The molecule has 8 heteroatoms. The van der Waals surface area contributed by atoms with Crippen LogP contribution in [0.5, 0.6) is 0 Å². The van der Waals surface area contributed by atoms with Crippen LogP contribution in [0.3, 0.4) is 0 Å². The molecule has 0 saturated heterocycles. The van der Waals surface area contributed by atoms with Gasteiger partial charge in [-0.05, 0) is 25.5 Å². The highest BCUT2D eigenvalue weighted by Gasteiger charge is 2.22. The van der Waals surface area contributed by atoms with Gasteiger partial charge in [0.2, 0.25) is 18.6 Å². The summed E-state index contributed by atoms with van der Waals surface area (Å²) in [5.74, 6) is 1.14. The number of thiazole rings is 1. The van der Waals surface area contributed by atoms with E-state index in [1.54, 1.807) is 23.8 Å². The van der Waals surface area contributed by atoms with Crippen LogP contribution >= 0.6 is 11.3 Å². The second-order valence-electron chi connectivity index (χ2n) is 6.16. The van der Waals surface area contributed by atoms with Crippen LogP contribution in [0.15, 0.2) is 54.7 Å². The van der Waals surface area contributed by atoms with Crippen molar-refractivity contribution in [3.8, 4) is 10.6 Å². The van der Waals surface area contributed by atoms with Crippen LogP contribution in [0.4, 0.5) is 11.1 Å². The first kappa shape index (κ1) is 18.2. The van der Waals surface area contributed by atoms with Crippen molar-refractivity contribution in [2.75, 3.05) is 23.6 Å². The van der Waals surface area contributed by atoms with Gasteiger partial charge in [-0.1, -0.05) is 41.7 Å². The minimum absolute atomic E-state index is 0.195. The van der Waals surface area contributed by atoms with Gasteiger partial charge in [-0.3, -0.25) is 4.90 Å². The molecule has 0 bridgehead atoms. The maximum atomic E-state index is 5.61. The van der Waals surface area contributed by atoms with E-state index in [0.29, 0.717) is 18.4 Å². The van der Waals surface area contributed by atoms with Crippen LogP contribution in [0.1, 0.15) is 18.2 Å². The number of aryl methyl sites for hydroxylation is 1. The minimum Gasteiger partial charge on any atom is -0.459 e. The first-order chi connectivity index (χ1) is 13.7. The number of anilines is 2. The van der Waals surface area contributed by atoms with Crippen molar-refractivity contribution in [2.45, 2.75) is 20.4 Å². The van der Waals surface area contributed by atoms with E-state index in [1.807, 2.05) is 36.1 Å². The van der Waals surface area contributed by atoms with Crippen LogP contribution in [0.25, 0.3) is 10.6 Å². The molecule has 0 spiro atoms. The van der Waals surface area contributed by atoms with Crippen molar-refractivity contribution in [1.29, 1.82) is 0 Å². The summed E-state index contributed by atoms with van der Waals surface area (Å²) < 4.78 is 10.9. The topological polar surface area (TPSA) is 72.4 Å². The molecule has 0 aliphatic carbocycles. The summed E-state index contributed by atoms with van der Waals surface area (Å²) in [5, 5.41) is 4.16. The molecule has 4 rings (SSSR count). The molecule has 0 radical (unpaired) electrons. The fourth-order valence-corrected chi connectivity index (χ4v) is 3.86. The fourth-order valence-electron chi connectivity index (χ4n) is 2.85. The predicted octanol–water partition coefficient (Wildman–Crippen LogP) is 4.15. The maximum Gasteiger partial charge on any atom is 0.235 e. The van der Waals surface area contributed by atoms with Crippen molar-refractivity contribution in [2.24, 2.45) is 0 Å². The Balaban J connectivity index is 1.68. The molecule has 7 nitrogen and oxygen atoms in total. The number of nitrogens with zero attached hydrogens (tertiary/aromatic N) is 4. The molecule has 1 aliphatic rings. The Morgan fingerprint density at radius 2 is 2.04 bits per heavy atom. The number of hydrogen-bond donors (Lipinski definition) is 1. The van der Waals surface area contributed by atoms with Crippen LogP contribution in [0.2, 0.25) is 0 Å². The average molecular weight is 395 g/mol. The monoisotopic (exact) mass is 395 g/mol. The third-order valence-electron chi connectivity index (χ3n) is 4.15. The van der Waals surface area contributed by atoms with Gasteiger partial charge in [0.15, 0.2) is 5.13 Å². The van der Waals surface area contributed by atoms with E-state index in [2.05, 4.69) is 34.3 Å². The van der Waals surface area contributed by atoms with Crippen LogP contribution in [0, 0.1) is 6.92 Å². The zero-order valence-corrected chi connectivity index (χ0v) is 16.6. The lowest BCUT2D eigenvalue weighted by Gasteiger charge is -2.22. The van der Waals surface area contributed by atoms with Crippen molar-refractivity contribution in [1.82, 2.24) is 15.0 Å². The van der Waals surface area contributed by atoms with Gasteiger partial charge in [0.1, 0.15) is 6.26 Å². The third-order valence-corrected chi connectivity index (χ3v) is 5.29. The van der Waals surface area contributed by atoms with Gasteiger partial charge in [-0.15, -0.1) is 0 Å². The Bertz CT molecular complexity index is 974. The third kappa shape index (κ3) is 3.91. The van der Waals surface area contributed by atoms with E-state index in [9.17, 15) is 0 Å².